The third kappa shape index (κ3) is 2.88. The number of piperidine rings is 1. The van der Waals surface area contributed by atoms with Crippen molar-refractivity contribution >= 4 is 60.5 Å². The van der Waals surface area contributed by atoms with E-state index in [1.165, 1.54) is 10.4 Å². The lowest BCUT2D eigenvalue weighted by Crippen LogP contribution is -2.43. The number of halogens is 3. The predicted molar refractivity (Wildman–Crippen MR) is 79.2 cm³/mol. The normalized spacial score (nSPS) is 26.4. The van der Waals surface area contributed by atoms with Crippen molar-refractivity contribution in [1.29, 1.82) is 0 Å². The summed E-state index contributed by atoms with van der Waals surface area (Å²) in [6.07, 6.45) is 0.683. The standard InChI is InChI=1S/C10H12BrCl2NO2S2/c1-6-5-14(3-2-7(6)12)18(15,16)9-4-8(13)10(11)17-9/h4,6-7H,2-3,5H2,1H3. The second-order valence-electron chi connectivity index (χ2n) is 4.33. The summed E-state index contributed by atoms with van der Waals surface area (Å²) in [5, 5.41) is 0.481. The molecule has 2 rings (SSSR count). The molecule has 2 unspecified atom stereocenters. The van der Waals surface area contributed by atoms with Gasteiger partial charge in [0.25, 0.3) is 10.0 Å². The van der Waals surface area contributed by atoms with E-state index in [4.69, 9.17) is 23.2 Å². The lowest BCUT2D eigenvalue weighted by Gasteiger charge is -2.32. The van der Waals surface area contributed by atoms with E-state index in [1.54, 1.807) is 0 Å². The SMILES string of the molecule is CC1CN(S(=O)(=O)c2cc(Cl)c(Br)s2)CCC1Cl. The summed E-state index contributed by atoms with van der Waals surface area (Å²) in [5.41, 5.74) is 0. The first-order valence-corrected chi connectivity index (χ1v) is 9.28. The van der Waals surface area contributed by atoms with Gasteiger partial charge in [-0.25, -0.2) is 8.42 Å². The van der Waals surface area contributed by atoms with Gasteiger partial charge in [-0.3, -0.25) is 0 Å². The molecule has 2 atom stereocenters. The molecule has 18 heavy (non-hydrogen) atoms. The summed E-state index contributed by atoms with van der Waals surface area (Å²) in [7, 11) is -3.44. The maximum atomic E-state index is 12.4. The van der Waals surface area contributed by atoms with Gasteiger partial charge in [-0.2, -0.15) is 4.31 Å². The van der Waals surface area contributed by atoms with Gasteiger partial charge in [0.1, 0.15) is 4.21 Å². The molecule has 1 fully saturated rings. The lowest BCUT2D eigenvalue weighted by atomic mass is 10.0. The number of rotatable bonds is 2. The Bertz CT molecular complexity index is 527. The highest BCUT2D eigenvalue weighted by Gasteiger charge is 2.33. The number of hydrogen-bond donors (Lipinski definition) is 0. The summed E-state index contributed by atoms with van der Waals surface area (Å²) in [6, 6.07) is 1.49. The monoisotopic (exact) mass is 391 g/mol. The van der Waals surface area contributed by atoms with E-state index in [9.17, 15) is 8.42 Å². The van der Waals surface area contributed by atoms with Crippen LogP contribution in [0.4, 0.5) is 0 Å². The van der Waals surface area contributed by atoms with Crippen molar-refractivity contribution in [3.8, 4) is 0 Å². The molecule has 8 heteroatoms. The maximum Gasteiger partial charge on any atom is 0.252 e. The van der Waals surface area contributed by atoms with E-state index in [2.05, 4.69) is 15.9 Å². The molecular formula is C10H12BrCl2NO2S2. The van der Waals surface area contributed by atoms with E-state index in [0.29, 0.717) is 28.3 Å². The van der Waals surface area contributed by atoms with Crippen molar-refractivity contribution in [2.45, 2.75) is 22.9 Å². The first-order chi connectivity index (χ1) is 8.32. The molecule has 1 saturated heterocycles. The van der Waals surface area contributed by atoms with Gasteiger partial charge in [0, 0.05) is 18.5 Å². The van der Waals surface area contributed by atoms with Gasteiger partial charge in [-0.05, 0) is 34.3 Å². The van der Waals surface area contributed by atoms with Crippen molar-refractivity contribution in [2.24, 2.45) is 5.92 Å². The Morgan fingerprint density at radius 3 is 2.72 bits per heavy atom. The average Bonchev–Trinajstić information content (AvgIpc) is 2.64. The molecule has 1 aromatic rings. The predicted octanol–water partition coefficient (Wildman–Crippen LogP) is 3.80. The highest BCUT2D eigenvalue weighted by molar-refractivity contribution is 9.11. The number of sulfonamides is 1. The van der Waals surface area contributed by atoms with Crippen LogP contribution < -0.4 is 0 Å². The van der Waals surface area contributed by atoms with E-state index in [0.717, 1.165) is 11.3 Å². The molecule has 0 radical (unpaired) electrons. The zero-order chi connectivity index (χ0) is 13.5. The van der Waals surface area contributed by atoms with Crippen LogP contribution in [-0.2, 0) is 10.0 Å². The molecule has 0 bridgehead atoms. The largest absolute Gasteiger partial charge is 0.252 e. The third-order valence-electron chi connectivity index (χ3n) is 2.98. The van der Waals surface area contributed by atoms with E-state index in [1.807, 2.05) is 6.92 Å². The first-order valence-electron chi connectivity index (χ1n) is 5.41. The highest BCUT2D eigenvalue weighted by atomic mass is 79.9. The fraction of sp³-hybridized carbons (Fsp3) is 0.600. The Labute approximate surface area is 129 Å². The smallest absolute Gasteiger partial charge is 0.206 e. The molecule has 1 aliphatic heterocycles. The van der Waals surface area contributed by atoms with Crippen LogP contribution in [0.15, 0.2) is 14.1 Å². The molecule has 0 saturated carbocycles. The Morgan fingerprint density at radius 1 is 1.56 bits per heavy atom. The fourth-order valence-corrected chi connectivity index (χ4v) is 6.16. The van der Waals surface area contributed by atoms with Crippen molar-refractivity contribution in [1.82, 2.24) is 4.31 Å². The molecule has 1 aliphatic rings. The van der Waals surface area contributed by atoms with Crippen LogP contribution in [0.1, 0.15) is 13.3 Å². The van der Waals surface area contributed by atoms with Gasteiger partial charge in [0.2, 0.25) is 0 Å². The van der Waals surface area contributed by atoms with Crippen molar-refractivity contribution in [3.05, 3.63) is 14.9 Å². The second kappa shape index (κ2) is 5.58. The van der Waals surface area contributed by atoms with Gasteiger partial charge >= 0.3 is 0 Å². The van der Waals surface area contributed by atoms with Crippen LogP contribution in [0.2, 0.25) is 5.02 Å². The fourth-order valence-electron chi connectivity index (χ4n) is 1.88. The third-order valence-corrected chi connectivity index (χ3v) is 8.42. The maximum absolute atomic E-state index is 12.4. The molecule has 2 heterocycles. The molecule has 0 aromatic carbocycles. The van der Waals surface area contributed by atoms with Crippen molar-refractivity contribution in [2.75, 3.05) is 13.1 Å². The Balaban J connectivity index is 2.26. The lowest BCUT2D eigenvalue weighted by molar-refractivity contribution is 0.286. The van der Waals surface area contributed by atoms with E-state index in [-0.39, 0.29) is 15.5 Å². The number of thiophene rings is 1. The minimum Gasteiger partial charge on any atom is -0.206 e. The van der Waals surface area contributed by atoms with Gasteiger partial charge in [0.15, 0.2) is 0 Å². The molecule has 102 valence electrons. The van der Waals surface area contributed by atoms with E-state index >= 15 is 0 Å². The second-order valence-corrected chi connectivity index (χ2v) is 9.83. The highest BCUT2D eigenvalue weighted by Crippen LogP contribution is 2.37. The minimum absolute atomic E-state index is 0.0510. The van der Waals surface area contributed by atoms with Crippen LogP contribution >= 0.6 is 50.5 Å². The zero-order valence-corrected chi connectivity index (χ0v) is 14.3. The van der Waals surface area contributed by atoms with Gasteiger partial charge in [-0.15, -0.1) is 22.9 Å². The zero-order valence-electron chi connectivity index (χ0n) is 9.57. The quantitative estimate of drug-likeness (QED) is 0.717. The van der Waals surface area contributed by atoms with Gasteiger partial charge < -0.3 is 0 Å². The molecule has 0 amide bonds. The van der Waals surface area contributed by atoms with Crippen molar-refractivity contribution in [3.63, 3.8) is 0 Å². The van der Waals surface area contributed by atoms with Crippen LogP contribution in [0.3, 0.4) is 0 Å². The number of alkyl halides is 1. The number of hydrogen-bond acceptors (Lipinski definition) is 3. The number of nitrogens with zero attached hydrogens (tertiary/aromatic N) is 1. The molecule has 1 aromatic heterocycles. The average molecular weight is 393 g/mol. The summed E-state index contributed by atoms with van der Waals surface area (Å²) in [4.78, 5) is 0. The van der Waals surface area contributed by atoms with Crippen molar-refractivity contribution < 1.29 is 8.42 Å². The first kappa shape index (κ1) is 15.1. The van der Waals surface area contributed by atoms with Crippen LogP contribution in [-0.4, -0.2) is 31.2 Å². The molecular weight excluding hydrogens is 381 g/mol. The molecule has 0 spiro atoms. The Hall–Kier alpha value is 0.670. The molecule has 0 aliphatic carbocycles. The summed E-state index contributed by atoms with van der Waals surface area (Å²) >= 11 is 16.4. The Kier molecular flexibility index (Phi) is 4.67. The van der Waals surface area contributed by atoms with Gasteiger partial charge in [0.05, 0.1) is 8.81 Å². The van der Waals surface area contributed by atoms with Crippen LogP contribution in [0.5, 0.6) is 0 Å². The summed E-state index contributed by atoms with van der Waals surface area (Å²) in [6.45, 7) is 2.90. The van der Waals surface area contributed by atoms with E-state index < -0.39 is 10.0 Å². The molecule has 0 N–H and O–H groups in total. The minimum atomic E-state index is -3.44. The Morgan fingerprint density at radius 2 is 2.22 bits per heavy atom. The topological polar surface area (TPSA) is 37.4 Å². The molecule has 3 nitrogen and oxygen atoms in total. The van der Waals surface area contributed by atoms with Crippen LogP contribution in [0, 0.1) is 5.92 Å². The van der Waals surface area contributed by atoms with Crippen LogP contribution in [0.25, 0.3) is 0 Å². The van der Waals surface area contributed by atoms with Gasteiger partial charge in [-0.1, -0.05) is 18.5 Å². The summed E-state index contributed by atoms with van der Waals surface area (Å²) in [5.74, 6) is 0.161. The summed E-state index contributed by atoms with van der Waals surface area (Å²) < 4.78 is 27.2.